The van der Waals surface area contributed by atoms with Crippen LogP contribution in [0.25, 0.3) is 0 Å². The van der Waals surface area contributed by atoms with E-state index < -0.39 is 0 Å². The zero-order valence-electron chi connectivity index (χ0n) is 11.8. The number of ether oxygens (including phenoxy) is 1. The van der Waals surface area contributed by atoms with Crippen LogP contribution in [0, 0.1) is 6.92 Å². The summed E-state index contributed by atoms with van der Waals surface area (Å²) < 4.78 is 5.52. The molecule has 1 aromatic rings. The summed E-state index contributed by atoms with van der Waals surface area (Å²) in [5.41, 5.74) is 2.84. The van der Waals surface area contributed by atoms with Crippen molar-refractivity contribution in [3.05, 3.63) is 35.4 Å². The Morgan fingerprint density at radius 3 is 2.56 bits per heavy atom. The van der Waals surface area contributed by atoms with Crippen LogP contribution in [0.15, 0.2) is 24.3 Å². The van der Waals surface area contributed by atoms with Crippen molar-refractivity contribution in [1.82, 2.24) is 5.32 Å². The molecule has 0 aliphatic heterocycles. The Labute approximate surface area is 111 Å². The molecule has 0 heterocycles. The van der Waals surface area contributed by atoms with Crippen molar-refractivity contribution < 1.29 is 4.74 Å². The maximum Gasteiger partial charge on any atom is 0.0671 e. The molecule has 2 rings (SSSR count). The van der Waals surface area contributed by atoms with E-state index in [1.807, 2.05) is 6.92 Å². The Morgan fingerprint density at radius 1 is 1.28 bits per heavy atom. The van der Waals surface area contributed by atoms with Gasteiger partial charge in [0.2, 0.25) is 0 Å². The van der Waals surface area contributed by atoms with Crippen molar-refractivity contribution in [3.8, 4) is 0 Å². The van der Waals surface area contributed by atoms with Crippen molar-refractivity contribution in [2.24, 2.45) is 0 Å². The van der Waals surface area contributed by atoms with Gasteiger partial charge in [0.1, 0.15) is 0 Å². The van der Waals surface area contributed by atoms with Gasteiger partial charge in [0.15, 0.2) is 0 Å². The van der Waals surface area contributed by atoms with E-state index in [2.05, 4.69) is 43.4 Å². The molecule has 0 spiro atoms. The molecule has 0 radical (unpaired) electrons. The number of benzene rings is 1. The van der Waals surface area contributed by atoms with Gasteiger partial charge >= 0.3 is 0 Å². The van der Waals surface area contributed by atoms with Gasteiger partial charge in [-0.1, -0.05) is 29.8 Å². The Bertz CT molecular complexity index is 354. The summed E-state index contributed by atoms with van der Waals surface area (Å²) in [6.07, 6.45) is 2.86. The smallest absolute Gasteiger partial charge is 0.0671 e. The second kappa shape index (κ2) is 6.35. The van der Waals surface area contributed by atoms with E-state index in [-0.39, 0.29) is 0 Å². The van der Waals surface area contributed by atoms with Gasteiger partial charge in [-0.3, -0.25) is 0 Å². The minimum atomic E-state index is 0.327. The van der Waals surface area contributed by atoms with Crippen molar-refractivity contribution in [2.75, 3.05) is 13.2 Å². The topological polar surface area (TPSA) is 21.3 Å². The molecule has 2 heteroatoms. The molecule has 2 nitrogen and oxygen atoms in total. The third-order valence-electron chi connectivity index (χ3n) is 3.83. The molecule has 1 unspecified atom stereocenters. The van der Waals surface area contributed by atoms with Crippen LogP contribution < -0.4 is 5.32 Å². The summed E-state index contributed by atoms with van der Waals surface area (Å²) >= 11 is 0. The summed E-state index contributed by atoms with van der Waals surface area (Å²) in [5, 5.41) is 3.59. The number of hydrogen-bond acceptors (Lipinski definition) is 2. The zero-order valence-corrected chi connectivity index (χ0v) is 11.8. The molecule has 0 amide bonds. The first kappa shape index (κ1) is 13.6. The molecule has 100 valence electrons. The molecule has 0 aromatic heterocycles. The second-order valence-electron chi connectivity index (χ2n) is 5.45. The van der Waals surface area contributed by atoms with Crippen molar-refractivity contribution in [2.45, 2.75) is 51.7 Å². The Balaban J connectivity index is 1.69. The van der Waals surface area contributed by atoms with Crippen LogP contribution >= 0.6 is 0 Å². The average Bonchev–Trinajstić information content (AvgIpc) is 2.29. The van der Waals surface area contributed by atoms with Crippen LogP contribution in [0.2, 0.25) is 0 Å². The monoisotopic (exact) mass is 247 g/mol. The summed E-state index contributed by atoms with van der Waals surface area (Å²) in [5.74, 6) is 0.755. The molecular formula is C16H25NO. The highest BCUT2D eigenvalue weighted by molar-refractivity contribution is 5.26. The van der Waals surface area contributed by atoms with E-state index in [1.54, 1.807) is 0 Å². The van der Waals surface area contributed by atoms with E-state index in [0.29, 0.717) is 12.1 Å². The van der Waals surface area contributed by atoms with E-state index >= 15 is 0 Å². The molecule has 0 saturated heterocycles. The second-order valence-corrected chi connectivity index (χ2v) is 5.45. The first-order valence-electron chi connectivity index (χ1n) is 7.10. The predicted octanol–water partition coefficient (Wildman–Crippen LogP) is 3.26. The van der Waals surface area contributed by atoms with Crippen LogP contribution in [0.4, 0.5) is 0 Å². The Kier molecular flexibility index (Phi) is 4.79. The fourth-order valence-corrected chi connectivity index (χ4v) is 2.57. The molecular weight excluding hydrogens is 222 g/mol. The van der Waals surface area contributed by atoms with Gasteiger partial charge in [-0.25, -0.2) is 0 Å². The van der Waals surface area contributed by atoms with E-state index in [1.165, 1.54) is 24.0 Å². The minimum absolute atomic E-state index is 0.327. The van der Waals surface area contributed by atoms with Crippen LogP contribution in [0.1, 0.15) is 43.7 Å². The van der Waals surface area contributed by atoms with Gasteiger partial charge in [-0.2, -0.15) is 0 Å². The lowest BCUT2D eigenvalue weighted by Crippen LogP contribution is -2.43. The molecule has 1 fully saturated rings. The minimum Gasteiger partial charge on any atom is -0.377 e. The van der Waals surface area contributed by atoms with Crippen molar-refractivity contribution in [1.29, 1.82) is 0 Å². The molecule has 1 N–H and O–H groups in total. The SMILES string of the molecule is CCOC(C)CNC1CC(c2ccc(C)cc2)C1. The van der Waals surface area contributed by atoms with E-state index in [0.717, 1.165) is 19.1 Å². The Hall–Kier alpha value is -0.860. The molecule has 1 saturated carbocycles. The third kappa shape index (κ3) is 3.56. The van der Waals surface area contributed by atoms with Crippen LogP contribution in [-0.4, -0.2) is 25.3 Å². The highest BCUT2D eigenvalue weighted by Gasteiger charge is 2.29. The van der Waals surface area contributed by atoms with Gasteiger partial charge in [0.05, 0.1) is 6.10 Å². The normalized spacial score (nSPS) is 24.6. The summed E-state index contributed by atoms with van der Waals surface area (Å²) in [7, 11) is 0. The number of nitrogens with one attached hydrogen (secondary N) is 1. The van der Waals surface area contributed by atoms with Gasteiger partial charge < -0.3 is 10.1 Å². The molecule has 1 aliphatic rings. The maximum absolute atomic E-state index is 5.52. The molecule has 1 aromatic carbocycles. The van der Waals surface area contributed by atoms with E-state index in [4.69, 9.17) is 4.74 Å². The summed E-state index contributed by atoms with van der Waals surface area (Å²) in [6.45, 7) is 8.10. The number of aryl methyl sites for hydroxylation is 1. The first-order chi connectivity index (χ1) is 8.69. The molecule has 18 heavy (non-hydrogen) atoms. The number of rotatable bonds is 6. The highest BCUT2D eigenvalue weighted by Crippen LogP contribution is 2.36. The average molecular weight is 247 g/mol. The van der Waals surface area contributed by atoms with Crippen LogP contribution in [0.3, 0.4) is 0 Å². The molecule has 0 bridgehead atoms. The Morgan fingerprint density at radius 2 is 1.94 bits per heavy atom. The quantitative estimate of drug-likeness (QED) is 0.833. The van der Waals surface area contributed by atoms with Crippen LogP contribution in [0.5, 0.6) is 0 Å². The van der Waals surface area contributed by atoms with Crippen molar-refractivity contribution >= 4 is 0 Å². The fraction of sp³-hybridized carbons (Fsp3) is 0.625. The van der Waals surface area contributed by atoms with Gasteiger partial charge in [-0.05, 0) is 45.1 Å². The highest BCUT2D eigenvalue weighted by atomic mass is 16.5. The molecule has 1 aliphatic carbocycles. The number of hydrogen-bond donors (Lipinski definition) is 1. The van der Waals surface area contributed by atoms with Gasteiger partial charge in [0.25, 0.3) is 0 Å². The van der Waals surface area contributed by atoms with Gasteiger partial charge in [0, 0.05) is 19.2 Å². The first-order valence-corrected chi connectivity index (χ1v) is 7.10. The molecule has 1 atom stereocenters. The summed E-state index contributed by atoms with van der Waals surface area (Å²) in [6, 6.07) is 9.66. The van der Waals surface area contributed by atoms with E-state index in [9.17, 15) is 0 Å². The lowest BCUT2D eigenvalue weighted by atomic mass is 9.75. The van der Waals surface area contributed by atoms with Crippen molar-refractivity contribution in [3.63, 3.8) is 0 Å². The largest absolute Gasteiger partial charge is 0.377 e. The fourth-order valence-electron chi connectivity index (χ4n) is 2.57. The third-order valence-corrected chi connectivity index (χ3v) is 3.83. The zero-order chi connectivity index (χ0) is 13.0. The summed E-state index contributed by atoms with van der Waals surface area (Å²) in [4.78, 5) is 0. The lowest BCUT2D eigenvalue weighted by molar-refractivity contribution is 0.0702. The van der Waals surface area contributed by atoms with Crippen LogP contribution in [-0.2, 0) is 4.74 Å². The standard InChI is InChI=1S/C16H25NO/c1-4-18-13(3)11-17-16-9-15(10-16)14-7-5-12(2)6-8-14/h5-8,13,15-17H,4,9-11H2,1-3H3. The lowest BCUT2D eigenvalue weighted by Gasteiger charge is -2.37. The predicted molar refractivity (Wildman–Crippen MR) is 76.0 cm³/mol. The maximum atomic E-state index is 5.52. The van der Waals surface area contributed by atoms with Gasteiger partial charge in [-0.15, -0.1) is 0 Å².